The fraction of sp³-hybridized carbons (Fsp3) is 0.238. The maximum absolute atomic E-state index is 12.4. The van der Waals surface area contributed by atoms with Gasteiger partial charge in [-0.05, 0) is 36.1 Å². The molecule has 1 N–H and O–H groups in total. The van der Waals surface area contributed by atoms with Gasteiger partial charge in [-0.2, -0.15) is 0 Å². The third-order valence-electron chi connectivity index (χ3n) is 4.37. The average Bonchev–Trinajstić information content (AvgIpc) is 3.02. The Morgan fingerprint density at radius 3 is 2.39 bits per heavy atom. The fourth-order valence-electron chi connectivity index (χ4n) is 2.95. The van der Waals surface area contributed by atoms with Gasteiger partial charge in [-0.3, -0.25) is 4.79 Å². The van der Waals surface area contributed by atoms with Crippen LogP contribution in [0, 0.1) is 0 Å². The molecule has 1 heterocycles. The van der Waals surface area contributed by atoms with Crippen molar-refractivity contribution in [1.29, 1.82) is 0 Å². The van der Waals surface area contributed by atoms with Crippen molar-refractivity contribution in [3.8, 4) is 0 Å². The molecule has 28 heavy (non-hydrogen) atoms. The van der Waals surface area contributed by atoms with E-state index in [0.717, 1.165) is 39.7 Å². The molecule has 7 heteroatoms. The number of carbonyl (C=O) groups excluding carboxylic acids is 2. The van der Waals surface area contributed by atoms with Gasteiger partial charge in [0, 0.05) is 20.8 Å². The van der Waals surface area contributed by atoms with Crippen LogP contribution in [-0.2, 0) is 22.4 Å². The Labute approximate surface area is 177 Å². The van der Waals surface area contributed by atoms with E-state index >= 15 is 0 Å². The van der Waals surface area contributed by atoms with Crippen molar-refractivity contribution in [2.24, 2.45) is 0 Å². The highest BCUT2D eigenvalue weighted by molar-refractivity contribution is 7.21. The normalized spacial score (nSPS) is 10.9. The molecule has 0 radical (unpaired) electrons. The molecule has 0 saturated carbocycles. The predicted octanol–water partition coefficient (Wildman–Crippen LogP) is 6.13. The topological polar surface area (TPSA) is 55.4 Å². The first-order valence-electron chi connectivity index (χ1n) is 8.89. The van der Waals surface area contributed by atoms with Crippen molar-refractivity contribution < 1.29 is 14.3 Å². The molecule has 0 fully saturated rings. The highest BCUT2D eigenvalue weighted by Crippen LogP contribution is 2.37. The molecule has 0 unspecified atom stereocenters. The van der Waals surface area contributed by atoms with Gasteiger partial charge in [-0.25, -0.2) is 4.79 Å². The zero-order valence-corrected chi connectivity index (χ0v) is 17.8. The number of carbonyl (C=O) groups is 2. The molecular weight excluding hydrogens is 417 g/mol. The second kappa shape index (κ2) is 8.95. The van der Waals surface area contributed by atoms with Crippen LogP contribution in [0.15, 0.2) is 36.4 Å². The number of benzene rings is 2. The first kappa shape index (κ1) is 20.6. The summed E-state index contributed by atoms with van der Waals surface area (Å²) in [5, 5.41) is 4.48. The summed E-state index contributed by atoms with van der Waals surface area (Å²) in [6.45, 7) is 3.67. The fourth-order valence-corrected chi connectivity index (χ4v) is 4.62. The van der Waals surface area contributed by atoms with E-state index in [4.69, 9.17) is 27.9 Å². The molecule has 0 bridgehead atoms. The van der Waals surface area contributed by atoms with Crippen molar-refractivity contribution in [3.05, 3.63) is 62.4 Å². The van der Waals surface area contributed by atoms with Crippen molar-refractivity contribution in [1.82, 2.24) is 0 Å². The Morgan fingerprint density at radius 1 is 1.07 bits per heavy atom. The summed E-state index contributed by atoms with van der Waals surface area (Å²) in [5.74, 6) is -1.01. The number of rotatable bonds is 6. The van der Waals surface area contributed by atoms with Crippen molar-refractivity contribution in [2.75, 3.05) is 11.9 Å². The summed E-state index contributed by atoms with van der Waals surface area (Å²) in [6.07, 6.45) is 1.59. The van der Waals surface area contributed by atoms with Gasteiger partial charge in [0.1, 0.15) is 4.88 Å². The Kier molecular flexibility index (Phi) is 6.60. The van der Waals surface area contributed by atoms with Gasteiger partial charge in [0.15, 0.2) is 6.61 Å². The summed E-state index contributed by atoms with van der Waals surface area (Å²) >= 11 is 13.5. The third-order valence-corrected chi connectivity index (χ3v) is 6.25. The van der Waals surface area contributed by atoms with E-state index in [-0.39, 0.29) is 17.4 Å². The first-order valence-corrected chi connectivity index (χ1v) is 10.5. The molecule has 146 valence electrons. The molecule has 0 atom stereocenters. The number of hydrogen-bond donors (Lipinski definition) is 1. The minimum atomic E-state index is -0.628. The maximum Gasteiger partial charge on any atom is 0.350 e. The highest BCUT2D eigenvalue weighted by Gasteiger charge is 2.20. The van der Waals surface area contributed by atoms with Crippen molar-refractivity contribution >= 4 is 62.2 Å². The third kappa shape index (κ3) is 4.32. The molecule has 0 saturated heterocycles. The number of aryl methyl sites for hydroxylation is 2. The molecule has 3 aromatic rings. The Morgan fingerprint density at radius 2 is 1.75 bits per heavy atom. The molecule has 0 aliphatic rings. The minimum Gasteiger partial charge on any atom is -0.451 e. The van der Waals surface area contributed by atoms with Gasteiger partial charge in [0.25, 0.3) is 5.91 Å². The van der Waals surface area contributed by atoms with Gasteiger partial charge in [0.05, 0.1) is 5.02 Å². The van der Waals surface area contributed by atoms with Crippen LogP contribution in [0.2, 0.25) is 10.0 Å². The quantitative estimate of drug-likeness (QED) is 0.473. The number of para-hydroxylation sites is 1. The van der Waals surface area contributed by atoms with Crippen LogP contribution >= 0.6 is 34.5 Å². The molecule has 2 aromatic carbocycles. The second-order valence-corrected chi connectivity index (χ2v) is 8.03. The van der Waals surface area contributed by atoms with Crippen LogP contribution in [0.3, 0.4) is 0 Å². The van der Waals surface area contributed by atoms with Crippen LogP contribution in [0.4, 0.5) is 5.69 Å². The number of amides is 1. The molecule has 1 amide bonds. The van der Waals surface area contributed by atoms with E-state index in [9.17, 15) is 9.59 Å². The summed E-state index contributed by atoms with van der Waals surface area (Å²) in [6, 6.07) is 11.1. The lowest BCUT2D eigenvalue weighted by Gasteiger charge is -2.14. The molecule has 4 nitrogen and oxygen atoms in total. The van der Waals surface area contributed by atoms with Gasteiger partial charge < -0.3 is 10.1 Å². The summed E-state index contributed by atoms with van der Waals surface area (Å²) in [5.41, 5.74) is 2.88. The number of anilines is 1. The predicted molar refractivity (Wildman–Crippen MR) is 116 cm³/mol. The van der Waals surface area contributed by atoms with Crippen LogP contribution in [-0.4, -0.2) is 18.5 Å². The lowest BCUT2D eigenvalue weighted by atomic mass is 10.0. The SMILES string of the molecule is CCc1cccc(CC)c1NC(=O)COC(=O)c1sc2cc(Cl)ccc2c1Cl. The zero-order valence-electron chi connectivity index (χ0n) is 15.5. The molecule has 3 rings (SSSR count). The number of hydrogen-bond acceptors (Lipinski definition) is 4. The van der Waals surface area contributed by atoms with Crippen LogP contribution in [0.25, 0.3) is 10.1 Å². The Balaban J connectivity index is 1.70. The number of halogens is 2. The Bertz CT molecular complexity index is 1020. The molecule has 0 aliphatic carbocycles. The van der Waals surface area contributed by atoms with Gasteiger partial charge in [0.2, 0.25) is 0 Å². The van der Waals surface area contributed by atoms with E-state index in [1.54, 1.807) is 18.2 Å². The number of thiophene rings is 1. The Hall–Kier alpha value is -2.08. The standard InChI is InChI=1S/C21H19Cl2NO3S/c1-3-12-6-5-7-13(4-2)19(12)24-17(25)11-27-21(26)20-18(23)15-9-8-14(22)10-16(15)28-20/h5-10H,3-4,11H2,1-2H3,(H,24,25). The van der Waals surface area contributed by atoms with Gasteiger partial charge in [-0.15, -0.1) is 11.3 Å². The lowest BCUT2D eigenvalue weighted by molar-refractivity contribution is -0.119. The zero-order chi connectivity index (χ0) is 20.3. The molecule has 1 aromatic heterocycles. The smallest absolute Gasteiger partial charge is 0.350 e. The molecular formula is C21H19Cl2NO3S. The second-order valence-electron chi connectivity index (χ2n) is 6.17. The van der Waals surface area contributed by atoms with Crippen LogP contribution in [0.1, 0.15) is 34.6 Å². The van der Waals surface area contributed by atoms with Gasteiger partial charge >= 0.3 is 5.97 Å². The summed E-state index contributed by atoms with van der Waals surface area (Å²) in [7, 11) is 0. The lowest BCUT2D eigenvalue weighted by Crippen LogP contribution is -2.22. The number of fused-ring (bicyclic) bond motifs is 1. The average molecular weight is 436 g/mol. The first-order chi connectivity index (χ1) is 13.4. The monoisotopic (exact) mass is 435 g/mol. The van der Waals surface area contributed by atoms with Crippen molar-refractivity contribution in [3.63, 3.8) is 0 Å². The van der Waals surface area contributed by atoms with Gasteiger partial charge in [-0.1, -0.05) is 61.3 Å². The summed E-state index contributed by atoms with van der Waals surface area (Å²) in [4.78, 5) is 25.0. The number of ether oxygens (including phenoxy) is 1. The molecule has 0 aliphatic heterocycles. The number of nitrogens with one attached hydrogen (secondary N) is 1. The maximum atomic E-state index is 12.4. The minimum absolute atomic E-state index is 0.259. The van der Waals surface area contributed by atoms with E-state index < -0.39 is 5.97 Å². The van der Waals surface area contributed by atoms with Crippen molar-refractivity contribution in [2.45, 2.75) is 26.7 Å². The molecule has 0 spiro atoms. The van der Waals surface area contributed by atoms with E-state index in [2.05, 4.69) is 5.32 Å². The number of esters is 1. The highest BCUT2D eigenvalue weighted by atomic mass is 35.5. The van der Waals surface area contributed by atoms with E-state index in [0.29, 0.717) is 10.0 Å². The van der Waals surface area contributed by atoms with Crippen LogP contribution in [0.5, 0.6) is 0 Å². The van der Waals surface area contributed by atoms with E-state index in [1.807, 2.05) is 32.0 Å². The van der Waals surface area contributed by atoms with E-state index in [1.165, 1.54) is 11.3 Å². The largest absolute Gasteiger partial charge is 0.451 e. The summed E-state index contributed by atoms with van der Waals surface area (Å²) < 4.78 is 5.98. The van der Waals surface area contributed by atoms with Crippen LogP contribution < -0.4 is 5.32 Å².